The lowest BCUT2D eigenvalue weighted by atomic mass is 10.1. The summed E-state index contributed by atoms with van der Waals surface area (Å²) in [5.41, 5.74) is 2.32. The Morgan fingerprint density at radius 2 is 1.86 bits per heavy atom. The SMILES string of the molecule is Cc1ccc(C)c(-n2c(C)nnc2SCC(=O)Nc2cccc(C(F)(F)F)c2)c1. The largest absolute Gasteiger partial charge is 0.416 e. The van der Waals surface area contributed by atoms with E-state index in [1.807, 2.05) is 43.5 Å². The number of carbonyl (C=O) groups is 1. The van der Waals surface area contributed by atoms with Crippen LogP contribution in [0.3, 0.4) is 0 Å². The lowest BCUT2D eigenvalue weighted by Gasteiger charge is -2.12. The Bertz CT molecular complexity index is 1050. The number of halogens is 3. The van der Waals surface area contributed by atoms with Gasteiger partial charge in [0.05, 0.1) is 17.0 Å². The van der Waals surface area contributed by atoms with Crippen molar-refractivity contribution in [1.29, 1.82) is 0 Å². The molecule has 0 aliphatic heterocycles. The molecule has 1 N–H and O–H groups in total. The first-order chi connectivity index (χ1) is 13.6. The van der Waals surface area contributed by atoms with Crippen molar-refractivity contribution in [1.82, 2.24) is 14.8 Å². The van der Waals surface area contributed by atoms with Gasteiger partial charge in [-0.1, -0.05) is 30.0 Å². The van der Waals surface area contributed by atoms with Crippen LogP contribution in [-0.2, 0) is 11.0 Å². The molecular formula is C20H19F3N4OS. The Morgan fingerprint density at radius 3 is 2.59 bits per heavy atom. The van der Waals surface area contributed by atoms with E-state index in [1.165, 1.54) is 23.9 Å². The molecule has 0 atom stereocenters. The molecule has 0 saturated heterocycles. The summed E-state index contributed by atoms with van der Waals surface area (Å²) < 4.78 is 40.3. The van der Waals surface area contributed by atoms with Crippen LogP contribution in [0.5, 0.6) is 0 Å². The lowest BCUT2D eigenvalue weighted by Crippen LogP contribution is -2.15. The fourth-order valence-corrected chi connectivity index (χ4v) is 3.57. The van der Waals surface area contributed by atoms with Crippen LogP contribution in [0.2, 0.25) is 0 Å². The van der Waals surface area contributed by atoms with E-state index in [4.69, 9.17) is 0 Å². The first-order valence-corrected chi connectivity index (χ1v) is 9.73. The summed E-state index contributed by atoms with van der Waals surface area (Å²) in [5, 5.41) is 11.3. The Morgan fingerprint density at radius 1 is 1.10 bits per heavy atom. The number of benzene rings is 2. The summed E-state index contributed by atoms with van der Waals surface area (Å²) in [4.78, 5) is 12.3. The Hall–Kier alpha value is -2.81. The van der Waals surface area contributed by atoms with Gasteiger partial charge < -0.3 is 5.32 Å². The molecule has 0 aliphatic rings. The van der Waals surface area contributed by atoms with Gasteiger partial charge in [0.15, 0.2) is 5.16 Å². The number of anilines is 1. The summed E-state index contributed by atoms with van der Waals surface area (Å²) >= 11 is 1.17. The standard InChI is InChI=1S/C20H19F3N4OS/c1-12-7-8-13(2)17(9-12)27-14(3)25-26-19(27)29-11-18(28)24-16-6-4-5-15(10-16)20(21,22)23/h4-10H,11H2,1-3H3,(H,24,28). The van der Waals surface area contributed by atoms with Crippen LogP contribution in [0, 0.1) is 20.8 Å². The highest BCUT2D eigenvalue weighted by Gasteiger charge is 2.30. The molecule has 0 bridgehead atoms. The number of nitrogens with one attached hydrogen (secondary N) is 1. The van der Waals surface area contributed by atoms with Crippen molar-refractivity contribution in [3.8, 4) is 5.69 Å². The van der Waals surface area contributed by atoms with E-state index >= 15 is 0 Å². The second-order valence-electron chi connectivity index (χ2n) is 6.57. The quantitative estimate of drug-likeness (QED) is 0.594. The van der Waals surface area contributed by atoms with Crippen molar-refractivity contribution in [2.75, 3.05) is 11.1 Å². The third-order valence-corrected chi connectivity index (χ3v) is 5.14. The van der Waals surface area contributed by atoms with E-state index in [2.05, 4.69) is 15.5 Å². The maximum absolute atomic E-state index is 12.8. The van der Waals surface area contributed by atoms with Crippen LogP contribution in [0.4, 0.5) is 18.9 Å². The van der Waals surface area contributed by atoms with Gasteiger partial charge >= 0.3 is 6.18 Å². The van der Waals surface area contributed by atoms with E-state index in [1.54, 1.807) is 0 Å². The van der Waals surface area contributed by atoms with Gasteiger partial charge in [-0.3, -0.25) is 9.36 Å². The maximum Gasteiger partial charge on any atom is 0.416 e. The number of carbonyl (C=O) groups excluding carboxylic acids is 1. The summed E-state index contributed by atoms with van der Waals surface area (Å²) in [5.74, 6) is 0.237. The average Bonchev–Trinajstić information content (AvgIpc) is 3.02. The number of alkyl halides is 3. The minimum absolute atomic E-state index is 0.0146. The highest BCUT2D eigenvalue weighted by molar-refractivity contribution is 7.99. The van der Waals surface area contributed by atoms with Crippen LogP contribution in [0.25, 0.3) is 5.69 Å². The molecule has 152 valence electrons. The third kappa shape index (κ3) is 4.97. The number of amides is 1. The first-order valence-electron chi connectivity index (χ1n) is 8.74. The van der Waals surface area contributed by atoms with Crippen molar-refractivity contribution < 1.29 is 18.0 Å². The van der Waals surface area contributed by atoms with Gasteiger partial charge in [-0.15, -0.1) is 10.2 Å². The van der Waals surface area contributed by atoms with Crippen molar-refractivity contribution in [2.24, 2.45) is 0 Å². The summed E-state index contributed by atoms with van der Waals surface area (Å²) in [6.45, 7) is 5.78. The molecular weight excluding hydrogens is 401 g/mol. The molecule has 2 aromatic carbocycles. The van der Waals surface area contributed by atoms with E-state index < -0.39 is 17.6 Å². The Labute approximate surface area is 170 Å². The molecule has 5 nitrogen and oxygen atoms in total. The molecule has 3 aromatic rings. The normalized spacial score (nSPS) is 11.5. The third-order valence-electron chi connectivity index (χ3n) is 4.21. The number of thioether (sulfide) groups is 1. The van der Waals surface area contributed by atoms with Crippen molar-refractivity contribution in [3.63, 3.8) is 0 Å². The molecule has 0 spiro atoms. The molecule has 1 heterocycles. The number of rotatable bonds is 5. The first kappa shape index (κ1) is 20.9. The second-order valence-corrected chi connectivity index (χ2v) is 7.51. The fourth-order valence-electron chi connectivity index (χ4n) is 2.77. The van der Waals surface area contributed by atoms with Crippen molar-refractivity contribution >= 4 is 23.4 Å². The van der Waals surface area contributed by atoms with Crippen LogP contribution in [0.15, 0.2) is 47.6 Å². The van der Waals surface area contributed by atoms with Gasteiger partial charge in [-0.2, -0.15) is 13.2 Å². The molecule has 3 rings (SSSR count). The van der Waals surface area contributed by atoms with Crippen LogP contribution in [-0.4, -0.2) is 26.4 Å². The highest BCUT2D eigenvalue weighted by atomic mass is 32.2. The molecule has 0 radical (unpaired) electrons. The zero-order chi connectivity index (χ0) is 21.2. The van der Waals surface area contributed by atoms with Gasteiger partial charge in [0.1, 0.15) is 5.82 Å². The molecule has 0 saturated carbocycles. The monoisotopic (exact) mass is 420 g/mol. The number of aromatic nitrogens is 3. The number of nitrogens with zero attached hydrogens (tertiary/aromatic N) is 3. The van der Waals surface area contributed by atoms with Crippen LogP contribution in [0.1, 0.15) is 22.5 Å². The lowest BCUT2D eigenvalue weighted by molar-refractivity contribution is -0.137. The summed E-state index contributed by atoms with van der Waals surface area (Å²) in [7, 11) is 0. The average molecular weight is 420 g/mol. The van der Waals surface area contributed by atoms with Crippen molar-refractivity contribution in [3.05, 3.63) is 65.0 Å². The van der Waals surface area contributed by atoms with Gasteiger partial charge in [0.2, 0.25) is 5.91 Å². The topological polar surface area (TPSA) is 59.8 Å². The second kappa shape index (κ2) is 8.28. The minimum Gasteiger partial charge on any atom is -0.325 e. The van der Waals surface area contributed by atoms with Gasteiger partial charge in [-0.05, 0) is 56.2 Å². The summed E-state index contributed by atoms with van der Waals surface area (Å²) in [6.07, 6.45) is -4.46. The van der Waals surface area contributed by atoms with Crippen molar-refractivity contribution in [2.45, 2.75) is 32.1 Å². The Balaban J connectivity index is 1.73. The van der Waals surface area contributed by atoms with Gasteiger partial charge in [0.25, 0.3) is 0 Å². The fraction of sp³-hybridized carbons (Fsp3) is 0.250. The smallest absolute Gasteiger partial charge is 0.325 e. The molecule has 1 amide bonds. The van der Waals surface area contributed by atoms with E-state index in [0.29, 0.717) is 11.0 Å². The number of hydrogen-bond acceptors (Lipinski definition) is 4. The molecule has 9 heteroatoms. The molecule has 29 heavy (non-hydrogen) atoms. The molecule has 0 fully saturated rings. The zero-order valence-electron chi connectivity index (χ0n) is 16.0. The van der Waals surface area contributed by atoms with E-state index in [-0.39, 0.29) is 11.4 Å². The van der Waals surface area contributed by atoms with E-state index in [9.17, 15) is 18.0 Å². The maximum atomic E-state index is 12.8. The number of hydrogen-bond donors (Lipinski definition) is 1. The zero-order valence-corrected chi connectivity index (χ0v) is 16.9. The minimum atomic E-state index is -4.46. The molecule has 0 unspecified atom stereocenters. The van der Waals surface area contributed by atoms with Crippen LogP contribution < -0.4 is 5.32 Å². The summed E-state index contributed by atoms with van der Waals surface area (Å²) in [6, 6.07) is 10.6. The predicted octanol–water partition coefficient (Wildman–Crippen LogP) is 4.94. The van der Waals surface area contributed by atoms with Crippen LogP contribution >= 0.6 is 11.8 Å². The molecule has 1 aromatic heterocycles. The highest BCUT2D eigenvalue weighted by Crippen LogP contribution is 2.31. The van der Waals surface area contributed by atoms with E-state index in [0.717, 1.165) is 28.9 Å². The molecule has 0 aliphatic carbocycles. The Kier molecular flexibility index (Phi) is 5.97. The van der Waals surface area contributed by atoms with Gasteiger partial charge in [-0.25, -0.2) is 0 Å². The van der Waals surface area contributed by atoms with Gasteiger partial charge in [0, 0.05) is 5.69 Å². The predicted molar refractivity (Wildman–Crippen MR) is 106 cm³/mol. The number of aryl methyl sites for hydroxylation is 3.